The van der Waals surface area contributed by atoms with Crippen LogP contribution in [0.3, 0.4) is 0 Å². The molecule has 8 nitrogen and oxygen atoms in total. The first kappa shape index (κ1) is 23.9. The summed E-state index contributed by atoms with van der Waals surface area (Å²) in [7, 11) is 0. The van der Waals surface area contributed by atoms with Crippen LogP contribution in [-0.4, -0.2) is 52.2 Å². The van der Waals surface area contributed by atoms with Crippen LogP contribution in [-0.2, 0) is 9.53 Å². The molecule has 1 aromatic heterocycles. The molecule has 0 radical (unpaired) electrons. The topological polar surface area (TPSA) is 109 Å². The van der Waals surface area contributed by atoms with Crippen LogP contribution in [0.25, 0.3) is 11.1 Å². The smallest absolute Gasteiger partial charge is 0.412 e. The lowest BCUT2D eigenvalue weighted by molar-refractivity contribution is -0.138. The number of hydrogen-bond donors (Lipinski definition) is 2. The Kier molecular flexibility index (Phi) is 7.10. The van der Waals surface area contributed by atoms with Crippen molar-refractivity contribution in [3.63, 3.8) is 0 Å². The van der Waals surface area contributed by atoms with Crippen molar-refractivity contribution in [2.24, 2.45) is 0 Å². The Labute approximate surface area is 203 Å². The fourth-order valence-corrected chi connectivity index (χ4v) is 4.30. The predicted octanol–water partition coefficient (Wildman–Crippen LogP) is 4.77. The highest BCUT2D eigenvalue weighted by molar-refractivity contribution is 5.95. The van der Waals surface area contributed by atoms with Gasteiger partial charge in [-0.15, -0.1) is 0 Å². The van der Waals surface area contributed by atoms with Crippen LogP contribution in [0.2, 0.25) is 0 Å². The summed E-state index contributed by atoms with van der Waals surface area (Å²) in [6, 6.07) is 20.5. The average molecular weight is 474 g/mol. The maximum Gasteiger partial charge on any atom is 0.412 e. The highest BCUT2D eigenvalue weighted by Gasteiger charge is 2.29. The summed E-state index contributed by atoms with van der Waals surface area (Å²) < 4.78 is 5.54. The summed E-state index contributed by atoms with van der Waals surface area (Å²) in [5, 5.41) is 11.8. The second-order valence-electron chi connectivity index (χ2n) is 8.44. The lowest BCUT2D eigenvalue weighted by atomic mass is 9.98. The molecule has 1 unspecified atom stereocenters. The molecular weight excluding hydrogens is 446 g/mol. The van der Waals surface area contributed by atoms with Gasteiger partial charge in [-0.2, -0.15) is 0 Å². The monoisotopic (exact) mass is 473 g/mol. The van der Waals surface area contributed by atoms with Crippen LogP contribution in [0.1, 0.15) is 47.8 Å². The van der Waals surface area contributed by atoms with E-state index in [1.165, 1.54) is 11.0 Å². The number of hydrogen-bond acceptors (Lipinski definition) is 5. The van der Waals surface area contributed by atoms with Crippen molar-refractivity contribution in [1.29, 1.82) is 0 Å². The molecule has 1 aliphatic rings. The van der Waals surface area contributed by atoms with Crippen LogP contribution in [0.4, 0.5) is 10.6 Å². The van der Waals surface area contributed by atoms with Crippen molar-refractivity contribution in [2.45, 2.75) is 32.2 Å². The van der Waals surface area contributed by atoms with E-state index < -0.39 is 24.5 Å². The van der Waals surface area contributed by atoms with Gasteiger partial charge in [0.05, 0.1) is 0 Å². The Morgan fingerprint density at radius 1 is 1.00 bits per heavy atom. The van der Waals surface area contributed by atoms with E-state index in [-0.39, 0.29) is 30.1 Å². The maximum absolute atomic E-state index is 12.9. The average Bonchev–Trinajstić information content (AvgIpc) is 3.19. The molecular formula is C27H27N3O5. The molecule has 2 aromatic carbocycles. The third-order valence-electron chi connectivity index (χ3n) is 6.23. The number of nitrogens with zero attached hydrogens (tertiary/aromatic N) is 2. The third-order valence-corrected chi connectivity index (χ3v) is 6.23. The Bertz CT molecular complexity index is 1210. The highest BCUT2D eigenvalue weighted by atomic mass is 16.5. The largest absolute Gasteiger partial charge is 0.480 e. The van der Waals surface area contributed by atoms with Crippen molar-refractivity contribution in [2.75, 3.05) is 18.5 Å². The van der Waals surface area contributed by atoms with E-state index in [2.05, 4.69) is 22.4 Å². The minimum absolute atomic E-state index is 0.0444. The molecule has 1 atom stereocenters. The zero-order valence-electron chi connectivity index (χ0n) is 19.6. The number of carbonyl (C=O) groups is 3. The molecule has 2 N–H and O–H groups in total. The number of carbonyl (C=O) groups excluding carboxylic acids is 2. The van der Waals surface area contributed by atoms with E-state index in [4.69, 9.17) is 4.74 Å². The second kappa shape index (κ2) is 10.4. The van der Waals surface area contributed by atoms with Gasteiger partial charge in [0.1, 0.15) is 24.7 Å². The fraction of sp³-hybridized carbons (Fsp3) is 0.259. The molecule has 0 saturated carbocycles. The molecule has 8 heteroatoms. The number of pyridine rings is 1. The van der Waals surface area contributed by atoms with Gasteiger partial charge in [0.15, 0.2) is 0 Å². The van der Waals surface area contributed by atoms with Crippen LogP contribution < -0.4 is 5.32 Å². The van der Waals surface area contributed by atoms with E-state index >= 15 is 0 Å². The predicted molar refractivity (Wildman–Crippen MR) is 131 cm³/mol. The molecule has 35 heavy (non-hydrogen) atoms. The number of aromatic nitrogens is 1. The Morgan fingerprint density at radius 2 is 1.63 bits per heavy atom. The van der Waals surface area contributed by atoms with Crippen molar-refractivity contribution in [1.82, 2.24) is 9.88 Å². The second-order valence-corrected chi connectivity index (χ2v) is 8.44. The molecule has 4 rings (SSSR count). The molecule has 1 heterocycles. The molecule has 0 fully saturated rings. The highest BCUT2D eigenvalue weighted by Crippen LogP contribution is 2.44. The number of carboxylic acid groups (broad SMARTS) is 1. The summed E-state index contributed by atoms with van der Waals surface area (Å²) in [5.41, 5.74) is 4.53. The Hall–Kier alpha value is -4.20. The number of aliphatic carboxylic acids is 1. The van der Waals surface area contributed by atoms with E-state index in [9.17, 15) is 19.5 Å². The van der Waals surface area contributed by atoms with Crippen LogP contribution in [0.15, 0.2) is 66.7 Å². The summed E-state index contributed by atoms with van der Waals surface area (Å²) in [6.07, 6.45) is -0.0928. The lowest BCUT2D eigenvalue weighted by Gasteiger charge is -2.26. The molecule has 1 aliphatic carbocycles. The maximum atomic E-state index is 12.9. The molecule has 3 aromatic rings. The number of carboxylic acids is 1. The van der Waals surface area contributed by atoms with Crippen LogP contribution in [0, 0.1) is 0 Å². The van der Waals surface area contributed by atoms with Crippen molar-refractivity contribution >= 4 is 23.8 Å². The lowest BCUT2D eigenvalue weighted by Crippen LogP contribution is -2.42. The van der Waals surface area contributed by atoms with Crippen LogP contribution >= 0.6 is 0 Å². The van der Waals surface area contributed by atoms with E-state index in [1.807, 2.05) is 43.3 Å². The molecule has 2 amide bonds. The molecule has 0 spiro atoms. The number of benzene rings is 2. The van der Waals surface area contributed by atoms with Gasteiger partial charge in [0, 0.05) is 12.0 Å². The number of fused-ring (bicyclic) bond motifs is 3. The van der Waals surface area contributed by atoms with Gasteiger partial charge in [-0.3, -0.25) is 14.9 Å². The number of ether oxygens (including phenoxy) is 1. The minimum Gasteiger partial charge on any atom is -0.480 e. The zero-order chi connectivity index (χ0) is 24.9. The summed E-state index contributed by atoms with van der Waals surface area (Å²) >= 11 is 0. The number of anilines is 1. The van der Waals surface area contributed by atoms with Gasteiger partial charge in [0.2, 0.25) is 0 Å². The minimum atomic E-state index is -1.11. The fourth-order valence-electron chi connectivity index (χ4n) is 4.30. The normalized spacial score (nSPS) is 12.9. The van der Waals surface area contributed by atoms with E-state index in [0.29, 0.717) is 6.42 Å². The van der Waals surface area contributed by atoms with Gasteiger partial charge < -0.3 is 14.7 Å². The van der Waals surface area contributed by atoms with Gasteiger partial charge in [0.25, 0.3) is 5.91 Å². The molecule has 0 saturated heterocycles. The van der Waals surface area contributed by atoms with Crippen molar-refractivity contribution in [3.05, 3.63) is 83.6 Å². The first-order chi connectivity index (χ1) is 16.9. The quantitative estimate of drug-likeness (QED) is 0.488. The summed E-state index contributed by atoms with van der Waals surface area (Å²) in [4.78, 5) is 42.2. The Balaban J connectivity index is 1.44. The zero-order valence-corrected chi connectivity index (χ0v) is 19.6. The molecule has 0 aliphatic heterocycles. The number of amides is 2. The van der Waals surface area contributed by atoms with Gasteiger partial charge >= 0.3 is 12.1 Å². The first-order valence-electron chi connectivity index (χ1n) is 11.5. The molecule has 180 valence electrons. The van der Waals surface area contributed by atoms with Gasteiger partial charge in [-0.25, -0.2) is 9.78 Å². The van der Waals surface area contributed by atoms with E-state index in [1.54, 1.807) is 19.1 Å². The number of rotatable bonds is 8. The van der Waals surface area contributed by atoms with Gasteiger partial charge in [-0.1, -0.05) is 61.5 Å². The van der Waals surface area contributed by atoms with Crippen molar-refractivity contribution < 1.29 is 24.2 Å². The van der Waals surface area contributed by atoms with E-state index in [0.717, 1.165) is 22.3 Å². The standard InChI is InChI=1S/C27H27N3O5/c1-3-17(2)30(15-25(31)32)26(33)23-13-8-14-24(28-23)29-27(34)35-16-22-20-11-6-4-9-18(20)19-10-5-7-12-21(19)22/h4-14,17,22H,3,15-16H2,1-2H3,(H,31,32)(H,28,29,34). The Morgan fingerprint density at radius 3 is 2.23 bits per heavy atom. The number of nitrogens with one attached hydrogen (secondary N) is 1. The third kappa shape index (κ3) is 5.16. The molecule has 0 bridgehead atoms. The summed E-state index contributed by atoms with van der Waals surface area (Å²) in [6.45, 7) is 3.37. The summed E-state index contributed by atoms with van der Waals surface area (Å²) in [5.74, 6) is -1.55. The SMILES string of the molecule is CCC(C)N(CC(=O)O)C(=O)c1cccc(NC(=O)OCC2c3ccccc3-c3ccccc32)n1. The van der Waals surface area contributed by atoms with Crippen LogP contribution in [0.5, 0.6) is 0 Å². The van der Waals surface area contributed by atoms with Gasteiger partial charge in [-0.05, 0) is 47.7 Å². The van der Waals surface area contributed by atoms with Crippen molar-refractivity contribution in [3.8, 4) is 11.1 Å². The first-order valence-corrected chi connectivity index (χ1v) is 11.5.